The van der Waals surface area contributed by atoms with Gasteiger partial charge in [0.25, 0.3) is 5.91 Å². The lowest BCUT2D eigenvalue weighted by atomic mass is 10.0. The SMILES string of the molecule is COc1ccc(Cl)cc1-c1nn(C(C)(C)C(=O)N2CCC2)cc1NC(=O)c1n[nH]c2cncnc12. The highest BCUT2D eigenvalue weighted by Gasteiger charge is 2.38. The standard InChI is InChI=1S/C23H23ClN8O3/c1-23(2,22(34)31-7-4-8-31)32-11-16(18(30-32)14-9-13(24)5-6-17(14)35-3)27-21(33)20-19-15(28-29-20)10-25-12-26-19/h5-6,9-12H,4,7-8H2,1-3H3,(H,27,33)(H,28,29). The molecule has 1 aliphatic rings. The van der Waals surface area contributed by atoms with E-state index in [0.717, 1.165) is 19.5 Å². The predicted molar refractivity (Wildman–Crippen MR) is 129 cm³/mol. The Bertz CT molecular complexity index is 1440. The van der Waals surface area contributed by atoms with Crippen molar-refractivity contribution in [2.24, 2.45) is 0 Å². The van der Waals surface area contributed by atoms with Crippen LogP contribution in [0.5, 0.6) is 5.75 Å². The number of hydrogen-bond donors (Lipinski definition) is 2. The third-order valence-electron chi connectivity index (χ3n) is 6.06. The number of carbonyl (C=O) groups is 2. The molecule has 2 N–H and O–H groups in total. The fourth-order valence-corrected chi connectivity index (χ4v) is 4.10. The van der Waals surface area contributed by atoms with Crippen LogP contribution in [0.2, 0.25) is 5.02 Å². The molecule has 12 heteroatoms. The first-order valence-corrected chi connectivity index (χ1v) is 11.4. The molecule has 1 saturated heterocycles. The summed E-state index contributed by atoms with van der Waals surface area (Å²) in [5.74, 6) is -0.0349. The van der Waals surface area contributed by atoms with Crippen LogP contribution in [0.25, 0.3) is 22.3 Å². The second-order valence-electron chi connectivity index (χ2n) is 8.70. The predicted octanol–water partition coefficient (Wildman–Crippen LogP) is 3.10. The maximum absolute atomic E-state index is 13.2. The zero-order valence-corrected chi connectivity index (χ0v) is 20.1. The van der Waals surface area contributed by atoms with E-state index in [0.29, 0.717) is 38.8 Å². The van der Waals surface area contributed by atoms with Crippen molar-refractivity contribution in [3.63, 3.8) is 0 Å². The maximum Gasteiger partial charge on any atom is 0.278 e. The number of ether oxygens (including phenoxy) is 1. The molecule has 35 heavy (non-hydrogen) atoms. The highest BCUT2D eigenvalue weighted by molar-refractivity contribution is 6.31. The first-order valence-electron chi connectivity index (χ1n) is 11.0. The number of anilines is 1. The fourth-order valence-electron chi connectivity index (χ4n) is 3.93. The van der Waals surface area contributed by atoms with Crippen molar-refractivity contribution < 1.29 is 14.3 Å². The zero-order valence-electron chi connectivity index (χ0n) is 19.4. The number of methoxy groups -OCH3 is 1. The largest absolute Gasteiger partial charge is 0.496 e. The van der Waals surface area contributed by atoms with E-state index in [2.05, 4.69) is 25.5 Å². The van der Waals surface area contributed by atoms with Crippen LogP contribution in [-0.2, 0) is 10.3 Å². The summed E-state index contributed by atoms with van der Waals surface area (Å²) in [7, 11) is 1.54. The second kappa shape index (κ2) is 8.66. The Morgan fingerprint density at radius 2 is 2.06 bits per heavy atom. The topological polar surface area (TPSA) is 131 Å². The number of nitrogens with zero attached hydrogens (tertiary/aromatic N) is 6. The molecule has 1 fully saturated rings. The van der Waals surface area contributed by atoms with Crippen molar-refractivity contribution in [1.82, 2.24) is 34.8 Å². The number of amides is 2. The van der Waals surface area contributed by atoms with Crippen LogP contribution < -0.4 is 10.1 Å². The van der Waals surface area contributed by atoms with Crippen LogP contribution in [0.15, 0.2) is 36.9 Å². The van der Waals surface area contributed by atoms with Gasteiger partial charge in [0, 0.05) is 23.7 Å². The third-order valence-corrected chi connectivity index (χ3v) is 6.29. The van der Waals surface area contributed by atoms with E-state index in [-0.39, 0.29) is 11.6 Å². The number of aromatic amines is 1. The van der Waals surface area contributed by atoms with Gasteiger partial charge >= 0.3 is 0 Å². The number of hydrogen-bond acceptors (Lipinski definition) is 7. The van der Waals surface area contributed by atoms with Crippen molar-refractivity contribution in [2.75, 3.05) is 25.5 Å². The van der Waals surface area contributed by atoms with E-state index < -0.39 is 11.4 Å². The number of fused-ring (bicyclic) bond motifs is 1. The summed E-state index contributed by atoms with van der Waals surface area (Å²) in [6, 6.07) is 5.12. The van der Waals surface area contributed by atoms with E-state index in [1.165, 1.54) is 19.6 Å². The zero-order chi connectivity index (χ0) is 24.7. The molecule has 1 aromatic carbocycles. The summed E-state index contributed by atoms with van der Waals surface area (Å²) in [4.78, 5) is 36.2. The molecule has 0 aliphatic carbocycles. The quantitative estimate of drug-likeness (QED) is 0.421. The fraction of sp³-hybridized carbons (Fsp3) is 0.304. The number of H-pyrrole nitrogens is 1. The molecule has 3 aromatic heterocycles. The van der Waals surface area contributed by atoms with Gasteiger partial charge in [-0.25, -0.2) is 9.97 Å². The smallest absolute Gasteiger partial charge is 0.278 e. The Hall–Kier alpha value is -3.99. The van der Waals surface area contributed by atoms with Gasteiger partial charge in [0.05, 0.1) is 25.2 Å². The molecule has 5 rings (SSSR count). The number of nitrogens with one attached hydrogen (secondary N) is 2. The summed E-state index contributed by atoms with van der Waals surface area (Å²) >= 11 is 6.28. The number of likely N-dealkylation sites (tertiary alicyclic amines) is 1. The van der Waals surface area contributed by atoms with Gasteiger partial charge in [0.1, 0.15) is 34.3 Å². The molecule has 180 valence electrons. The van der Waals surface area contributed by atoms with Gasteiger partial charge in [-0.1, -0.05) is 11.6 Å². The van der Waals surface area contributed by atoms with Gasteiger partial charge in [-0.15, -0.1) is 0 Å². The second-order valence-corrected chi connectivity index (χ2v) is 9.13. The van der Waals surface area contributed by atoms with Crippen molar-refractivity contribution in [2.45, 2.75) is 25.8 Å². The number of aromatic nitrogens is 6. The minimum atomic E-state index is -0.990. The Labute approximate surface area is 205 Å². The highest BCUT2D eigenvalue weighted by atomic mass is 35.5. The van der Waals surface area contributed by atoms with Gasteiger partial charge < -0.3 is 15.0 Å². The van der Waals surface area contributed by atoms with Crippen molar-refractivity contribution in [3.05, 3.63) is 47.6 Å². The molecular weight excluding hydrogens is 472 g/mol. The molecule has 0 radical (unpaired) electrons. The molecule has 11 nitrogen and oxygen atoms in total. The van der Waals surface area contributed by atoms with Gasteiger partial charge in [0.2, 0.25) is 5.91 Å². The van der Waals surface area contributed by atoms with Crippen molar-refractivity contribution in [1.29, 1.82) is 0 Å². The van der Waals surface area contributed by atoms with Crippen LogP contribution in [0, 0.1) is 0 Å². The van der Waals surface area contributed by atoms with Crippen LogP contribution in [0.1, 0.15) is 30.8 Å². The van der Waals surface area contributed by atoms with E-state index in [1.54, 1.807) is 47.8 Å². The van der Waals surface area contributed by atoms with Gasteiger partial charge in [0.15, 0.2) is 5.69 Å². The Morgan fingerprint density at radius 3 is 2.77 bits per heavy atom. The van der Waals surface area contributed by atoms with E-state index in [9.17, 15) is 9.59 Å². The molecule has 4 heterocycles. The average Bonchev–Trinajstić information content (AvgIpc) is 3.42. The summed E-state index contributed by atoms with van der Waals surface area (Å²) < 4.78 is 7.08. The Balaban J connectivity index is 1.59. The van der Waals surface area contributed by atoms with E-state index in [4.69, 9.17) is 21.4 Å². The normalized spacial score (nSPS) is 13.5. The average molecular weight is 495 g/mol. The Morgan fingerprint density at radius 1 is 1.26 bits per heavy atom. The number of halogens is 1. The molecule has 4 aromatic rings. The van der Waals surface area contributed by atoms with E-state index in [1.807, 2.05) is 0 Å². The molecule has 0 spiro atoms. The van der Waals surface area contributed by atoms with Gasteiger partial charge in [-0.05, 0) is 38.5 Å². The summed E-state index contributed by atoms with van der Waals surface area (Å²) in [5.41, 5.74) is 1.37. The summed E-state index contributed by atoms with van der Waals surface area (Å²) in [5, 5.41) is 14.9. The lowest BCUT2D eigenvalue weighted by Crippen LogP contribution is -2.52. The van der Waals surface area contributed by atoms with Crippen molar-refractivity contribution in [3.8, 4) is 17.0 Å². The lowest BCUT2D eigenvalue weighted by Gasteiger charge is -2.37. The van der Waals surface area contributed by atoms with E-state index >= 15 is 0 Å². The summed E-state index contributed by atoms with van der Waals surface area (Å²) in [6.45, 7) is 5.03. The number of benzene rings is 1. The number of carbonyl (C=O) groups excluding carboxylic acids is 2. The molecule has 0 unspecified atom stereocenters. The van der Waals surface area contributed by atoms with Gasteiger partial charge in [-0.3, -0.25) is 19.4 Å². The molecular formula is C23H23ClN8O3. The third kappa shape index (κ3) is 3.97. The minimum Gasteiger partial charge on any atom is -0.496 e. The number of rotatable bonds is 6. The molecule has 0 saturated carbocycles. The van der Waals surface area contributed by atoms with Crippen LogP contribution >= 0.6 is 11.6 Å². The van der Waals surface area contributed by atoms with Gasteiger partial charge in [-0.2, -0.15) is 10.2 Å². The van der Waals surface area contributed by atoms with Crippen molar-refractivity contribution >= 4 is 40.1 Å². The monoisotopic (exact) mass is 494 g/mol. The lowest BCUT2D eigenvalue weighted by molar-refractivity contribution is -0.143. The maximum atomic E-state index is 13.2. The molecule has 1 aliphatic heterocycles. The minimum absolute atomic E-state index is 0.0521. The first kappa shape index (κ1) is 22.8. The molecule has 0 atom stereocenters. The Kier molecular flexibility index (Phi) is 5.64. The summed E-state index contributed by atoms with van der Waals surface area (Å²) in [6.07, 6.45) is 5.50. The molecule has 0 bridgehead atoms. The first-order chi connectivity index (χ1) is 16.8. The highest BCUT2D eigenvalue weighted by Crippen LogP contribution is 2.37. The van der Waals surface area contributed by atoms with Crippen LogP contribution in [0.3, 0.4) is 0 Å². The molecule has 2 amide bonds. The van der Waals surface area contributed by atoms with Crippen LogP contribution in [0.4, 0.5) is 5.69 Å². The van der Waals surface area contributed by atoms with Crippen LogP contribution in [-0.4, -0.2) is 66.9 Å².